The zero-order valence-corrected chi connectivity index (χ0v) is 15.4. The van der Waals surface area contributed by atoms with Gasteiger partial charge in [-0.25, -0.2) is 17.2 Å². The van der Waals surface area contributed by atoms with Crippen LogP contribution in [0.25, 0.3) is 22.4 Å². The van der Waals surface area contributed by atoms with Crippen molar-refractivity contribution in [1.82, 2.24) is 5.16 Å². The zero-order valence-electron chi connectivity index (χ0n) is 14.6. The van der Waals surface area contributed by atoms with E-state index in [-0.39, 0.29) is 22.6 Å². The number of rotatable bonds is 4. The molecule has 3 aromatic rings. The third kappa shape index (κ3) is 4.01. The second-order valence-electron chi connectivity index (χ2n) is 6.10. The maximum atomic E-state index is 14.6. The Bertz CT molecular complexity index is 1190. The van der Waals surface area contributed by atoms with Crippen molar-refractivity contribution in [3.05, 3.63) is 59.4 Å². The number of sulfone groups is 1. The van der Waals surface area contributed by atoms with E-state index < -0.39 is 50.3 Å². The minimum absolute atomic E-state index is 0.120. The Morgan fingerprint density at radius 2 is 1.79 bits per heavy atom. The molecule has 0 spiro atoms. The van der Waals surface area contributed by atoms with E-state index >= 15 is 0 Å². The van der Waals surface area contributed by atoms with Gasteiger partial charge in [-0.05, 0) is 24.3 Å². The van der Waals surface area contributed by atoms with Gasteiger partial charge in [0, 0.05) is 17.4 Å². The average molecular weight is 433 g/mol. The van der Waals surface area contributed by atoms with Gasteiger partial charge < -0.3 is 9.63 Å². The maximum absolute atomic E-state index is 14.6. The first kappa shape index (κ1) is 20.9. The molecule has 1 heterocycles. The second kappa shape index (κ2) is 7.23. The van der Waals surface area contributed by atoms with Crippen LogP contribution in [-0.2, 0) is 22.6 Å². The van der Waals surface area contributed by atoms with Crippen LogP contribution < -0.4 is 0 Å². The highest BCUT2D eigenvalue weighted by molar-refractivity contribution is 7.90. The Morgan fingerprint density at radius 1 is 1.10 bits per heavy atom. The van der Waals surface area contributed by atoms with Gasteiger partial charge in [-0.2, -0.15) is 13.2 Å². The van der Waals surface area contributed by atoms with Gasteiger partial charge in [0.1, 0.15) is 28.8 Å². The summed E-state index contributed by atoms with van der Waals surface area (Å²) in [6.45, 7) is -0.809. The van der Waals surface area contributed by atoms with Gasteiger partial charge in [0.05, 0.1) is 11.1 Å². The molecule has 0 fully saturated rings. The summed E-state index contributed by atoms with van der Waals surface area (Å²) in [6, 6.07) is 4.91. The molecule has 1 N–H and O–H groups in total. The Balaban J connectivity index is 2.26. The summed E-state index contributed by atoms with van der Waals surface area (Å²) in [5.41, 5.74) is -2.21. The summed E-state index contributed by atoms with van der Waals surface area (Å²) in [6.07, 6.45) is -3.97. The molecule has 29 heavy (non-hydrogen) atoms. The van der Waals surface area contributed by atoms with E-state index in [2.05, 4.69) is 5.16 Å². The third-order valence-electron chi connectivity index (χ3n) is 4.06. The van der Waals surface area contributed by atoms with Gasteiger partial charge in [-0.15, -0.1) is 0 Å². The molecule has 0 amide bonds. The van der Waals surface area contributed by atoms with Crippen LogP contribution >= 0.6 is 0 Å². The van der Waals surface area contributed by atoms with Gasteiger partial charge in [-0.1, -0.05) is 17.3 Å². The average Bonchev–Trinajstić information content (AvgIpc) is 3.05. The molecule has 0 unspecified atom stereocenters. The van der Waals surface area contributed by atoms with Crippen molar-refractivity contribution in [1.29, 1.82) is 0 Å². The number of hydrogen-bond acceptors (Lipinski definition) is 5. The largest absolute Gasteiger partial charge is 0.416 e. The van der Waals surface area contributed by atoms with Gasteiger partial charge in [-0.3, -0.25) is 0 Å². The van der Waals surface area contributed by atoms with Crippen LogP contribution in [0.1, 0.15) is 11.3 Å². The number of aliphatic hydroxyl groups excluding tert-OH is 1. The molecule has 0 saturated heterocycles. The van der Waals surface area contributed by atoms with E-state index in [1.165, 1.54) is 6.07 Å². The summed E-state index contributed by atoms with van der Waals surface area (Å²) < 4.78 is 96.0. The third-order valence-corrected chi connectivity index (χ3v) is 5.17. The lowest BCUT2D eigenvalue weighted by atomic mass is 9.97. The van der Waals surface area contributed by atoms with Gasteiger partial charge in [0.25, 0.3) is 0 Å². The Kier molecular flexibility index (Phi) is 5.22. The molecule has 0 bridgehead atoms. The van der Waals surface area contributed by atoms with Crippen molar-refractivity contribution < 1.29 is 40.0 Å². The highest BCUT2D eigenvalue weighted by atomic mass is 32.2. The summed E-state index contributed by atoms with van der Waals surface area (Å²) in [5.74, 6) is -2.79. The van der Waals surface area contributed by atoms with E-state index in [1.807, 2.05) is 0 Å². The first-order valence-corrected chi connectivity index (χ1v) is 9.79. The number of halogens is 5. The highest BCUT2D eigenvalue weighted by Crippen LogP contribution is 2.39. The van der Waals surface area contributed by atoms with Gasteiger partial charge >= 0.3 is 6.18 Å². The highest BCUT2D eigenvalue weighted by Gasteiger charge is 2.31. The lowest BCUT2D eigenvalue weighted by Gasteiger charge is -2.10. The van der Waals surface area contributed by atoms with Crippen LogP contribution in [0.3, 0.4) is 0 Å². The van der Waals surface area contributed by atoms with Crippen LogP contribution in [0.15, 0.2) is 45.8 Å². The summed E-state index contributed by atoms with van der Waals surface area (Å²) in [4.78, 5) is -0.888. The van der Waals surface area contributed by atoms with Crippen molar-refractivity contribution in [3.63, 3.8) is 0 Å². The monoisotopic (exact) mass is 433 g/mol. The van der Waals surface area contributed by atoms with Crippen molar-refractivity contribution in [2.75, 3.05) is 6.26 Å². The van der Waals surface area contributed by atoms with Gasteiger partial charge in [0.15, 0.2) is 15.6 Å². The fourth-order valence-electron chi connectivity index (χ4n) is 2.75. The van der Waals surface area contributed by atoms with Crippen molar-refractivity contribution in [2.24, 2.45) is 0 Å². The van der Waals surface area contributed by atoms with E-state index in [0.29, 0.717) is 18.4 Å². The first-order chi connectivity index (χ1) is 13.4. The quantitative estimate of drug-likeness (QED) is 0.624. The van der Waals surface area contributed by atoms with Crippen LogP contribution in [0.4, 0.5) is 22.0 Å². The number of aromatic nitrogens is 1. The number of benzene rings is 2. The molecule has 0 aliphatic rings. The van der Waals surface area contributed by atoms with E-state index in [9.17, 15) is 35.5 Å². The Morgan fingerprint density at radius 3 is 2.38 bits per heavy atom. The Hall–Kier alpha value is -2.79. The van der Waals surface area contributed by atoms with Crippen molar-refractivity contribution >= 4 is 9.84 Å². The lowest BCUT2D eigenvalue weighted by molar-refractivity contribution is -0.137. The molecule has 0 saturated carbocycles. The predicted octanol–water partition coefficient (Wildman–Crippen LogP) is 4.20. The number of alkyl halides is 3. The topological polar surface area (TPSA) is 80.4 Å². The fourth-order valence-corrected chi connectivity index (χ4v) is 3.48. The summed E-state index contributed by atoms with van der Waals surface area (Å²) in [5, 5.41) is 13.0. The number of nitrogens with zero attached hydrogens (tertiary/aromatic N) is 1. The maximum Gasteiger partial charge on any atom is 0.416 e. The minimum Gasteiger partial charge on any atom is -0.388 e. The molecule has 11 heteroatoms. The zero-order chi connectivity index (χ0) is 21.6. The van der Waals surface area contributed by atoms with E-state index in [0.717, 1.165) is 18.2 Å². The molecular formula is C18H12F5NO4S. The van der Waals surface area contributed by atoms with Crippen LogP contribution in [0.5, 0.6) is 0 Å². The molecule has 1 aromatic heterocycles. The molecule has 0 aliphatic carbocycles. The molecule has 5 nitrogen and oxygen atoms in total. The van der Waals surface area contributed by atoms with Crippen LogP contribution in [0.2, 0.25) is 0 Å². The summed E-state index contributed by atoms with van der Waals surface area (Å²) in [7, 11) is -4.07. The second-order valence-corrected chi connectivity index (χ2v) is 8.08. The van der Waals surface area contributed by atoms with Crippen LogP contribution in [-0.4, -0.2) is 24.9 Å². The molecule has 0 radical (unpaired) electrons. The predicted molar refractivity (Wildman–Crippen MR) is 91.3 cm³/mol. The molecule has 154 valence electrons. The minimum atomic E-state index is -4.66. The van der Waals surface area contributed by atoms with Crippen LogP contribution in [0, 0.1) is 11.6 Å². The van der Waals surface area contributed by atoms with E-state index in [4.69, 9.17) is 4.52 Å². The van der Waals surface area contributed by atoms with Crippen molar-refractivity contribution in [2.45, 2.75) is 17.7 Å². The molecule has 0 aliphatic heterocycles. The lowest BCUT2D eigenvalue weighted by Crippen LogP contribution is -2.05. The van der Waals surface area contributed by atoms with Crippen molar-refractivity contribution in [3.8, 4) is 22.4 Å². The first-order valence-electron chi connectivity index (χ1n) is 7.90. The summed E-state index contributed by atoms with van der Waals surface area (Å²) >= 11 is 0. The Labute approximate surface area is 161 Å². The molecule has 0 atom stereocenters. The molecular weight excluding hydrogens is 421 g/mol. The SMILES string of the molecule is CS(=O)(=O)c1cc(F)c(-c2c(-c3cccc(C(F)(F)F)c3)noc2CO)cc1F. The fraction of sp³-hybridized carbons (Fsp3) is 0.167. The standard InChI is InChI=1S/C18H12F5NO4S/c1-29(26,27)15-7-12(19)11(6-13(15)20)16-14(8-25)28-24-17(16)9-3-2-4-10(5-9)18(21,22)23/h2-7,25H,8H2,1H3. The van der Waals surface area contributed by atoms with E-state index in [1.54, 1.807) is 0 Å². The number of aliphatic hydroxyl groups is 1. The molecule has 2 aromatic carbocycles. The smallest absolute Gasteiger partial charge is 0.388 e. The number of hydrogen-bond donors (Lipinski definition) is 1. The molecule has 3 rings (SSSR count). The van der Waals surface area contributed by atoms with Gasteiger partial charge in [0.2, 0.25) is 0 Å². The normalized spacial score (nSPS) is 12.4.